The highest BCUT2D eigenvalue weighted by atomic mass is 35.5. The zero-order valence-corrected chi connectivity index (χ0v) is 20.4. The van der Waals surface area contributed by atoms with Gasteiger partial charge in [0.1, 0.15) is 18.1 Å². The van der Waals surface area contributed by atoms with Crippen LogP contribution in [-0.2, 0) is 16.6 Å². The van der Waals surface area contributed by atoms with Crippen LogP contribution in [0.4, 0.5) is 5.69 Å². The fourth-order valence-electron chi connectivity index (χ4n) is 3.16. The number of pyridine rings is 1. The predicted octanol–water partition coefficient (Wildman–Crippen LogP) is 5.43. The second-order valence-corrected chi connectivity index (χ2v) is 9.77. The van der Waals surface area contributed by atoms with E-state index in [-0.39, 0.29) is 28.6 Å². The third-order valence-corrected chi connectivity index (χ3v) is 6.94. The lowest BCUT2D eigenvalue weighted by molar-refractivity contribution is 0.0696. The quantitative estimate of drug-likeness (QED) is 0.306. The van der Waals surface area contributed by atoms with E-state index in [0.717, 1.165) is 6.07 Å². The highest BCUT2D eigenvalue weighted by Gasteiger charge is 2.21. The zero-order chi connectivity index (χ0) is 25.2. The smallest absolute Gasteiger partial charge is 0.335 e. The van der Waals surface area contributed by atoms with E-state index >= 15 is 0 Å². The van der Waals surface area contributed by atoms with Gasteiger partial charge in [0.25, 0.3) is 10.0 Å². The molecule has 0 unspecified atom stereocenters. The van der Waals surface area contributed by atoms with Crippen LogP contribution in [0.3, 0.4) is 0 Å². The molecule has 0 radical (unpaired) electrons. The Hall–Kier alpha value is -3.60. The number of anilines is 1. The Balaban J connectivity index is 1.48. The number of nitrogens with one attached hydrogen (secondary N) is 1. The van der Waals surface area contributed by atoms with Gasteiger partial charge in [-0.25, -0.2) is 18.2 Å². The van der Waals surface area contributed by atoms with Crippen molar-refractivity contribution in [2.24, 2.45) is 0 Å². The van der Waals surface area contributed by atoms with Crippen molar-refractivity contribution in [2.45, 2.75) is 18.4 Å². The number of hydrogen-bond acceptors (Lipinski definition) is 7. The summed E-state index contributed by atoms with van der Waals surface area (Å²) in [7, 11) is -4.02. The number of halogens is 2. The number of benzene rings is 2. The van der Waals surface area contributed by atoms with Crippen LogP contribution in [0.15, 0.2) is 70.2 Å². The number of carboxylic acid groups (broad SMARTS) is 1. The number of carbonyl (C=O) groups is 1. The molecule has 0 aliphatic carbocycles. The van der Waals surface area contributed by atoms with Crippen molar-refractivity contribution < 1.29 is 27.6 Å². The second-order valence-electron chi connectivity index (χ2n) is 7.27. The van der Waals surface area contributed by atoms with E-state index in [1.165, 1.54) is 36.5 Å². The van der Waals surface area contributed by atoms with Gasteiger partial charge in [-0.15, -0.1) is 0 Å². The van der Waals surface area contributed by atoms with Crippen LogP contribution >= 0.6 is 23.2 Å². The molecule has 0 atom stereocenters. The molecule has 2 aromatic heterocycles. The number of aromatic nitrogens is 2. The van der Waals surface area contributed by atoms with E-state index < -0.39 is 16.0 Å². The molecule has 4 rings (SSSR count). The Morgan fingerprint density at radius 1 is 1.11 bits per heavy atom. The van der Waals surface area contributed by atoms with E-state index in [0.29, 0.717) is 32.6 Å². The minimum Gasteiger partial charge on any atom is -0.478 e. The molecule has 4 aromatic rings. The predicted molar refractivity (Wildman–Crippen MR) is 129 cm³/mol. The Labute approximate surface area is 210 Å². The van der Waals surface area contributed by atoms with Crippen LogP contribution < -0.4 is 9.46 Å². The van der Waals surface area contributed by atoms with Crippen molar-refractivity contribution in [3.8, 4) is 17.1 Å². The molecule has 0 bridgehead atoms. The van der Waals surface area contributed by atoms with E-state index in [1.807, 2.05) is 0 Å². The molecule has 0 spiro atoms. The molecule has 0 fully saturated rings. The van der Waals surface area contributed by atoms with E-state index in [1.54, 1.807) is 25.1 Å². The molecule has 0 saturated carbocycles. The number of rotatable bonds is 8. The Bertz CT molecular complexity index is 1480. The molecule has 0 aliphatic heterocycles. The van der Waals surface area contributed by atoms with Crippen LogP contribution in [0, 0.1) is 6.92 Å². The lowest BCUT2D eigenvalue weighted by Crippen LogP contribution is -2.14. The van der Waals surface area contributed by atoms with Crippen LogP contribution in [0.2, 0.25) is 10.0 Å². The number of ether oxygens (including phenoxy) is 1. The van der Waals surface area contributed by atoms with Gasteiger partial charge >= 0.3 is 5.97 Å². The average Bonchev–Trinajstić information content (AvgIpc) is 3.18. The van der Waals surface area contributed by atoms with Crippen LogP contribution in [0.1, 0.15) is 21.7 Å². The van der Waals surface area contributed by atoms with Crippen LogP contribution in [0.5, 0.6) is 5.88 Å². The minimum absolute atomic E-state index is 0.0479. The highest BCUT2D eigenvalue weighted by molar-refractivity contribution is 7.92. The molecular formula is C23H17Cl2N3O6S. The van der Waals surface area contributed by atoms with Crippen LogP contribution in [0.25, 0.3) is 11.3 Å². The number of aryl methyl sites for hydroxylation is 1. The summed E-state index contributed by atoms with van der Waals surface area (Å²) in [5.74, 6) is -0.491. The summed E-state index contributed by atoms with van der Waals surface area (Å²) in [4.78, 5) is 15.1. The topological polar surface area (TPSA) is 132 Å². The Morgan fingerprint density at radius 2 is 1.83 bits per heavy atom. The summed E-state index contributed by atoms with van der Waals surface area (Å²) in [5, 5.41) is 14.0. The Kier molecular flexibility index (Phi) is 6.97. The summed E-state index contributed by atoms with van der Waals surface area (Å²) in [6.07, 6.45) is 1.28. The van der Waals surface area contributed by atoms with Gasteiger partial charge in [-0.1, -0.05) is 40.5 Å². The number of hydrogen-bond donors (Lipinski definition) is 2. The fraction of sp³-hybridized carbons (Fsp3) is 0.0870. The first kappa shape index (κ1) is 24.5. The normalized spacial score (nSPS) is 11.3. The number of nitrogens with zero attached hydrogens (tertiary/aromatic N) is 2. The van der Waals surface area contributed by atoms with Gasteiger partial charge in [0.2, 0.25) is 5.88 Å². The largest absolute Gasteiger partial charge is 0.478 e. The molecule has 2 aromatic carbocycles. The third kappa shape index (κ3) is 5.40. The maximum Gasteiger partial charge on any atom is 0.335 e. The first-order valence-corrected chi connectivity index (χ1v) is 12.2. The second kappa shape index (κ2) is 9.95. The monoisotopic (exact) mass is 533 g/mol. The van der Waals surface area contributed by atoms with Crippen molar-refractivity contribution in [3.63, 3.8) is 0 Å². The summed E-state index contributed by atoms with van der Waals surface area (Å²) in [6.45, 7) is 1.77. The lowest BCUT2D eigenvalue weighted by atomic mass is 10.1. The maximum absolute atomic E-state index is 12.6. The van der Waals surface area contributed by atoms with Crippen LogP contribution in [-0.4, -0.2) is 29.6 Å². The SMILES string of the molecule is Cc1onc(-c2c(Cl)cccc2Cl)c1COc1ccc(NS(=O)(=O)c2cccc(C(=O)O)c2)cn1. The summed E-state index contributed by atoms with van der Waals surface area (Å²) in [5.41, 5.74) is 1.63. The lowest BCUT2D eigenvalue weighted by Gasteiger charge is -2.10. The van der Waals surface area contributed by atoms with Crippen molar-refractivity contribution in [1.29, 1.82) is 0 Å². The van der Waals surface area contributed by atoms with Gasteiger partial charge in [0, 0.05) is 11.6 Å². The average molecular weight is 534 g/mol. The van der Waals surface area contributed by atoms with Gasteiger partial charge in [-0.05, 0) is 43.3 Å². The molecule has 0 aliphatic rings. The molecule has 9 nitrogen and oxygen atoms in total. The third-order valence-electron chi connectivity index (χ3n) is 4.93. The number of aromatic carboxylic acids is 1. The standard InChI is InChI=1S/C23H17Cl2N3O6S/c1-13-17(22(27-34-13)21-18(24)6-3-7-19(21)25)12-33-20-9-8-15(11-26-20)28-35(31,32)16-5-2-4-14(10-16)23(29)30/h2-11,28H,12H2,1H3,(H,29,30). The molecule has 12 heteroatoms. The van der Waals surface area contributed by atoms with E-state index in [4.69, 9.17) is 37.6 Å². The molecular weight excluding hydrogens is 517 g/mol. The van der Waals surface area contributed by atoms with Crippen molar-refractivity contribution in [1.82, 2.24) is 10.1 Å². The Morgan fingerprint density at radius 3 is 2.49 bits per heavy atom. The zero-order valence-electron chi connectivity index (χ0n) is 18.0. The maximum atomic E-state index is 12.6. The van der Waals surface area contributed by atoms with E-state index in [2.05, 4.69) is 14.9 Å². The molecule has 180 valence electrons. The number of sulfonamides is 1. The fourth-order valence-corrected chi connectivity index (χ4v) is 4.83. The first-order chi connectivity index (χ1) is 16.7. The molecule has 2 N–H and O–H groups in total. The van der Waals surface area contributed by atoms with Gasteiger partial charge in [-0.3, -0.25) is 4.72 Å². The molecule has 2 heterocycles. The summed E-state index contributed by atoms with van der Waals surface area (Å²) < 4.78 is 38.6. The van der Waals surface area contributed by atoms with Crippen molar-refractivity contribution in [3.05, 3.63) is 87.7 Å². The van der Waals surface area contributed by atoms with Gasteiger partial charge in [0.15, 0.2) is 0 Å². The minimum atomic E-state index is -4.02. The van der Waals surface area contributed by atoms with Crippen molar-refractivity contribution >= 4 is 44.9 Å². The van der Waals surface area contributed by atoms with E-state index in [9.17, 15) is 13.2 Å². The molecule has 0 amide bonds. The summed E-state index contributed by atoms with van der Waals surface area (Å²) >= 11 is 12.6. The molecule has 35 heavy (non-hydrogen) atoms. The highest BCUT2D eigenvalue weighted by Crippen LogP contribution is 2.37. The van der Waals surface area contributed by atoms with Gasteiger partial charge in [-0.2, -0.15) is 0 Å². The number of carboxylic acids is 1. The van der Waals surface area contributed by atoms with Gasteiger partial charge in [0.05, 0.1) is 38.0 Å². The first-order valence-electron chi connectivity index (χ1n) is 10.0. The van der Waals surface area contributed by atoms with Crippen molar-refractivity contribution in [2.75, 3.05) is 4.72 Å². The summed E-state index contributed by atoms with van der Waals surface area (Å²) in [6, 6.07) is 13.1. The van der Waals surface area contributed by atoms with Gasteiger partial charge < -0.3 is 14.4 Å². The molecule has 0 saturated heterocycles.